The van der Waals surface area contributed by atoms with Gasteiger partial charge in [-0.1, -0.05) is 0 Å². The van der Waals surface area contributed by atoms with Crippen LogP contribution in [-0.2, 0) is 0 Å². The van der Waals surface area contributed by atoms with Crippen molar-refractivity contribution < 1.29 is 4.79 Å². The van der Waals surface area contributed by atoms with E-state index in [2.05, 4.69) is 10.3 Å². The number of hydrogen-bond donors (Lipinski definition) is 3. The van der Waals surface area contributed by atoms with Crippen molar-refractivity contribution in [3.05, 3.63) is 11.1 Å². The average molecular weight is 186 g/mol. The Balaban J connectivity index is 2.53. The van der Waals surface area contributed by atoms with Gasteiger partial charge in [0.1, 0.15) is 5.69 Å². The maximum Gasteiger partial charge on any atom is 0.270 e. The zero-order valence-electron chi connectivity index (χ0n) is 6.41. The second-order valence-corrected chi connectivity index (χ2v) is 3.01. The molecule has 66 valence electrons. The topological polar surface area (TPSA) is 94.0 Å². The zero-order valence-corrected chi connectivity index (χ0v) is 7.23. The van der Waals surface area contributed by atoms with Gasteiger partial charge in [0, 0.05) is 18.5 Å². The van der Waals surface area contributed by atoms with E-state index in [1.807, 2.05) is 0 Å². The number of nitrogen functional groups attached to an aromatic ring is 1. The minimum absolute atomic E-state index is 0.228. The molecular weight excluding hydrogens is 176 g/mol. The first-order valence-corrected chi connectivity index (χ1v) is 4.31. The average Bonchev–Trinajstić information content (AvgIpc) is 2.47. The van der Waals surface area contributed by atoms with Crippen molar-refractivity contribution >= 4 is 22.4 Å². The minimum Gasteiger partial charge on any atom is -0.375 e. The van der Waals surface area contributed by atoms with Gasteiger partial charge in [0.15, 0.2) is 5.13 Å². The van der Waals surface area contributed by atoms with E-state index in [9.17, 15) is 4.79 Å². The molecule has 0 aromatic carbocycles. The molecule has 1 aromatic heterocycles. The lowest BCUT2D eigenvalue weighted by Crippen LogP contribution is -2.29. The number of aromatic nitrogens is 1. The number of carbonyl (C=O) groups is 1. The molecule has 0 saturated carbocycles. The van der Waals surface area contributed by atoms with Crippen molar-refractivity contribution in [3.8, 4) is 0 Å². The number of amides is 1. The van der Waals surface area contributed by atoms with Crippen LogP contribution in [0.25, 0.3) is 0 Å². The Kier molecular flexibility index (Phi) is 3.01. The van der Waals surface area contributed by atoms with Gasteiger partial charge < -0.3 is 16.8 Å². The van der Waals surface area contributed by atoms with Crippen LogP contribution in [0.15, 0.2) is 5.38 Å². The van der Waals surface area contributed by atoms with Gasteiger partial charge in [-0.2, -0.15) is 0 Å². The van der Waals surface area contributed by atoms with Gasteiger partial charge >= 0.3 is 0 Å². The normalized spacial score (nSPS) is 9.75. The molecule has 1 rings (SSSR count). The molecule has 6 heteroatoms. The van der Waals surface area contributed by atoms with Crippen LogP contribution in [0.1, 0.15) is 10.5 Å². The highest BCUT2D eigenvalue weighted by Gasteiger charge is 2.07. The number of nitrogens with one attached hydrogen (secondary N) is 1. The van der Waals surface area contributed by atoms with E-state index < -0.39 is 0 Å². The fourth-order valence-corrected chi connectivity index (χ4v) is 1.21. The highest BCUT2D eigenvalue weighted by Crippen LogP contribution is 2.10. The first-order chi connectivity index (χ1) is 5.74. The second kappa shape index (κ2) is 4.03. The summed E-state index contributed by atoms with van der Waals surface area (Å²) >= 11 is 1.24. The first kappa shape index (κ1) is 8.95. The van der Waals surface area contributed by atoms with Crippen molar-refractivity contribution in [2.45, 2.75) is 0 Å². The number of hydrogen-bond acceptors (Lipinski definition) is 5. The molecular formula is C6H10N4OS. The lowest BCUT2D eigenvalue weighted by atomic mass is 10.4. The molecule has 1 aromatic rings. The van der Waals surface area contributed by atoms with E-state index in [0.717, 1.165) is 0 Å². The largest absolute Gasteiger partial charge is 0.375 e. The van der Waals surface area contributed by atoms with E-state index in [0.29, 0.717) is 23.9 Å². The summed E-state index contributed by atoms with van der Waals surface area (Å²) in [5.41, 5.74) is 10.9. The Bertz CT molecular complexity index is 272. The lowest BCUT2D eigenvalue weighted by Gasteiger charge is -1.98. The highest BCUT2D eigenvalue weighted by molar-refractivity contribution is 7.13. The molecule has 0 aliphatic rings. The van der Waals surface area contributed by atoms with E-state index in [1.54, 1.807) is 5.38 Å². The van der Waals surface area contributed by atoms with Crippen molar-refractivity contribution in [1.82, 2.24) is 10.3 Å². The monoisotopic (exact) mass is 186 g/mol. The number of rotatable bonds is 3. The van der Waals surface area contributed by atoms with Gasteiger partial charge in [0.2, 0.25) is 0 Å². The van der Waals surface area contributed by atoms with Crippen molar-refractivity contribution in [3.63, 3.8) is 0 Å². The Morgan fingerprint density at radius 2 is 2.50 bits per heavy atom. The molecule has 0 spiro atoms. The first-order valence-electron chi connectivity index (χ1n) is 3.43. The smallest absolute Gasteiger partial charge is 0.270 e. The summed E-state index contributed by atoms with van der Waals surface area (Å²) < 4.78 is 0. The summed E-state index contributed by atoms with van der Waals surface area (Å²) in [5, 5.41) is 4.60. The fourth-order valence-electron chi connectivity index (χ4n) is 0.668. The minimum atomic E-state index is -0.228. The predicted molar refractivity (Wildman–Crippen MR) is 47.9 cm³/mol. The van der Waals surface area contributed by atoms with Crippen LogP contribution in [0.2, 0.25) is 0 Å². The second-order valence-electron chi connectivity index (χ2n) is 2.12. The number of thiazole rings is 1. The zero-order chi connectivity index (χ0) is 8.97. The van der Waals surface area contributed by atoms with Crippen LogP contribution in [0.4, 0.5) is 5.13 Å². The van der Waals surface area contributed by atoms with Crippen LogP contribution in [0.5, 0.6) is 0 Å². The molecule has 5 nitrogen and oxygen atoms in total. The van der Waals surface area contributed by atoms with Crippen molar-refractivity contribution in [2.75, 3.05) is 18.8 Å². The number of carbonyl (C=O) groups excluding carboxylic acids is 1. The van der Waals surface area contributed by atoms with Crippen LogP contribution in [0.3, 0.4) is 0 Å². The molecule has 12 heavy (non-hydrogen) atoms. The Labute approximate surface area is 73.8 Å². The molecule has 0 aliphatic carbocycles. The number of nitrogens with two attached hydrogens (primary N) is 2. The molecule has 0 atom stereocenters. The maximum atomic E-state index is 11.1. The molecule has 1 amide bonds. The summed E-state index contributed by atoms with van der Waals surface area (Å²) in [6, 6.07) is 0. The molecule has 0 bridgehead atoms. The summed E-state index contributed by atoms with van der Waals surface area (Å²) in [6.45, 7) is 0.877. The molecule has 0 fully saturated rings. The Morgan fingerprint density at radius 3 is 3.00 bits per heavy atom. The highest BCUT2D eigenvalue weighted by atomic mass is 32.1. The summed E-state index contributed by atoms with van der Waals surface area (Å²) in [4.78, 5) is 14.9. The van der Waals surface area contributed by atoms with Gasteiger partial charge in [-0.25, -0.2) is 4.98 Å². The van der Waals surface area contributed by atoms with Crippen molar-refractivity contribution in [1.29, 1.82) is 0 Å². The Hall–Kier alpha value is -1.14. The molecule has 0 radical (unpaired) electrons. The van der Waals surface area contributed by atoms with Crippen LogP contribution >= 0.6 is 11.3 Å². The third kappa shape index (κ3) is 2.18. The van der Waals surface area contributed by atoms with Gasteiger partial charge in [-0.15, -0.1) is 11.3 Å². The standard InChI is InChI=1S/C6H10N4OS/c7-1-2-9-5(11)4-3-12-6(8)10-4/h3H,1-2,7H2,(H2,8,10)(H,9,11). The van der Waals surface area contributed by atoms with E-state index in [1.165, 1.54) is 11.3 Å². The predicted octanol–water partition coefficient (Wildman–Crippen LogP) is -0.586. The van der Waals surface area contributed by atoms with E-state index >= 15 is 0 Å². The lowest BCUT2D eigenvalue weighted by molar-refractivity contribution is 0.0950. The SMILES string of the molecule is NCCNC(=O)c1csc(N)n1. The molecule has 1 heterocycles. The van der Waals surface area contributed by atoms with Gasteiger partial charge in [-0.05, 0) is 0 Å². The quantitative estimate of drug-likeness (QED) is 0.588. The molecule has 5 N–H and O–H groups in total. The summed E-state index contributed by atoms with van der Waals surface area (Å²) in [5.74, 6) is -0.228. The van der Waals surface area contributed by atoms with Crippen LogP contribution in [0, 0.1) is 0 Å². The molecule has 0 aliphatic heterocycles. The van der Waals surface area contributed by atoms with Crippen molar-refractivity contribution in [2.24, 2.45) is 5.73 Å². The molecule has 0 unspecified atom stereocenters. The van der Waals surface area contributed by atoms with Gasteiger partial charge in [0.05, 0.1) is 0 Å². The van der Waals surface area contributed by atoms with Gasteiger partial charge in [0.25, 0.3) is 5.91 Å². The van der Waals surface area contributed by atoms with E-state index in [4.69, 9.17) is 11.5 Å². The Morgan fingerprint density at radius 1 is 1.75 bits per heavy atom. The maximum absolute atomic E-state index is 11.1. The fraction of sp³-hybridized carbons (Fsp3) is 0.333. The van der Waals surface area contributed by atoms with Gasteiger partial charge in [-0.3, -0.25) is 4.79 Å². The summed E-state index contributed by atoms with van der Waals surface area (Å²) in [7, 11) is 0. The molecule has 0 saturated heterocycles. The number of anilines is 1. The van der Waals surface area contributed by atoms with E-state index in [-0.39, 0.29) is 5.91 Å². The third-order valence-corrected chi connectivity index (χ3v) is 1.86. The third-order valence-electron chi connectivity index (χ3n) is 1.18. The van der Waals surface area contributed by atoms with Crippen LogP contribution < -0.4 is 16.8 Å². The van der Waals surface area contributed by atoms with Crippen LogP contribution in [-0.4, -0.2) is 24.0 Å². The summed E-state index contributed by atoms with van der Waals surface area (Å²) in [6.07, 6.45) is 0. The number of nitrogens with zero attached hydrogens (tertiary/aromatic N) is 1.